The van der Waals surface area contributed by atoms with Crippen LogP contribution in [0.2, 0.25) is 0 Å². The number of aldehydes is 1. The lowest BCUT2D eigenvalue weighted by Crippen LogP contribution is -2.36. The molecule has 3 atom stereocenters. The molecule has 0 saturated heterocycles. The van der Waals surface area contributed by atoms with Crippen LogP contribution in [0.5, 0.6) is 0 Å². The fraction of sp³-hybridized carbons (Fsp3) is 0.800. The van der Waals surface area contributed by atoms with Gasteiger partial charge >= 0.3 is 0 Å². The van der Waals surface area contributed by atoms with E-state index in [1.165, 1.54) is 0 Å². The number of hydrogen-bond donors (Lipinski definition) is 3. The highest BCUT2D eigenvalue weighted by atomic mass is 35.5. The Morgan fingerprint density at radius 3 is 2.30 bits per heavy atom. The van der Waals surface area contributed by atoms with Crippen LogP contribution in [0.3, 0.4) is 0 Å². The smallest absolute Gasteiger partial charge is 0.150 e. The first-order valence-electron chi connectivity index (χ1n) is 2.69. The maximum Gasteiger partial charge on any atom is 0.150 e. The molecule has 10 heavy (non-hydrogen) atoms. The number of aliphatic hydroxyl groups excluding tert-OH is 3. The number of hydrogen-bond acceptors (Lipinski definition) is 4. The van der Waals surface area contributed by atoms with Crippen LogP contribution in [0, 0.1) is 0 Å². The van der Waals surface area contributed by atoms with Crippen LogP contribution in [-0.2, 0) is 4.79 Å². The number of aliphatic hydroxyl groups is 3. The summed E-state index contributed by atoms with van der Waals surface area (Å²) in [5, 5.41) is 24.5. The Balaban J connectivity index is 3.80. The van der Waals surface area contributed by atoms with Crippen molar-refractivity contribution in [2.45, 2.75) is 17.6 Å². The molecule has 60 valence electrons. The fourth-order valence-corrected chi connectivity index (χ4v) is 0.542. The van der Waals surface area contributed by atoms with Crippen molar-refractivity contribution < 1.29 is 20.1 Å². The molecule has 0 aliphatic heterocycles. The lowest BCUT2D eigenvalue weighted by atomic mass is 10.2. The second-order valence-electron chi connectivity index (χ2n) is 1.82. The maximum atomic E-state index is 9.84. The van der Waals surface area contributed by atoms with E-state index in [-0.39, 0.29) is 6.29 Å². The van der Waals surface area contributed by atoms with Crippen molar-refractivity contribution in [3.05, 3.63) is 0 Å². The van der Waals surface area contributed by atoms with Gasteiger partial charge in [-0.25, -0.2) is 0 Å². The van der Waals surface area contributed by atoms with E-state index in [0.717, 1.165) is 0 Å². The molecule has 3 N–H and O–H groups in total. The van der Waals surface area contributed by atoms with Gasteiger partial charge in [0.25, 0.3) is 0 Å². The molecule has 0 unspecified atom stereocenters. The van der Waals surface area contributed by atoms with Crippen molar-refractivity contribution in [3.8, 4) is 0 Å². The number of alkyl halides is 1. The second kappa shape index (κ2) is 4.62. The van der Waals surface area contributed by atoms with Gasteiger partial charge in [-0.1, -0.05) is 0 Å². The second-order valence-corrected chi connectivity index (χ2v) is 2.32. The molecule has 0 aliphatic rings. The predicted molar refractivity (Wildman–Crippen MR) is 34.8 cm³/mol. The van der Waals surface area contributed by atoms with Gasteiger partial charge in [0, 0.05) is 0 Å². The van der Waals surface area contributed by atoms with Gasteiger partial charge in [0.05, 0.1) is 18.1 Å². The first-order chi connectivity index (χ1) is 4.63. The molecule has 0 radical (unpaired) electrons. The molecule has 0 aliphatic carbocycles. The van der Waals surface area contributed by atoms with E-state index in [0.29, 0.717) is 0 Å². The zero-order chi connectivity index (χ0) is 8.15. The first-order valence-corrected chi connectivity index (χ1v) is 3.13. The molecule has 0 fully saturated rings. The van der Waals surface area contributed by atoms with E-state index in [9.17, 15) is 4.79 Å². The van der Waals surface area contributed by atoms with Crippen LogP contribution in [0.25, 0.3) is 0 Å². The molecule has 0 heterocycles. The molecule has 0 aromatic heterocycles. The molecule has 0 spiro atoms. The highest BCUT2D eigenvalue weighted by Crippen LogP contribution is 2.05. The van der Waals surface area contributed by atoms with Crippen LogP contribution >= 0.6 is 11.6 Å². The summed E-state index contributed by atoms with van der Waals surface area (Å²) in [5.74, 6) is 0. The SMILES string of the molecule is O=C[C@H](O)[C@@H](Cl)[C@@H](O)CO. The first kappa shape index (κ1) is 9.84. The number of rotatable bonds is 4. The number of carbonyl (C=O) groups excluding carboxylic acids is 1. The van der Waals surface area contributed by atoms with Crippen LogP contribution in [0.4, 0.5) is 0 Å². The fourth-order valence-electron chi connectivity index (χ4n) is 0.403. The van der Waals surface area contributed by atoms with Crippen LogP contribution in [0.15, 0.2) is 0 Å². The summed E-state index contributed by atoms with van der Waals surface area (Å²) < 4.78 is 0. The van der Waals surface area contributed by atoms with Crippen molar-refractivity contribution >= 4 is 17.9 Å². The highest BCUT2D eigenvalue weighted by molar-refractivity contribution is 6.22. The molecule has 0 rings (SSSR count). The Kier molecular flexibility index (Phi) is 4.55. The standard InChI is InChI=1S/C5H9ClO4/c6-5(3(9)1-7)4(10)2-8/h1,3-5,8-10H,2H2/t3-,4-,5+/m0/s1. The normalized spacial score (nSPS) is 19.6. The van der Waals surface area contributed by atoms with Crippen molar-refractivity contribution in [2.24, 2.45) is 0 Å². The average Bonchev–Trinajstić information content (AvgIpc) is 2.00. The Morgan fingerprint density at radius 1 is 1.50 bits per heavy atom. The lowest BCUT2D eigenvalue weighted by molar-refractivity contribution is -0.116. The molecule has 4 nitrogen and oxygen atoms in total. The van der Waals surface area contributed by atoms with Gasteiger partial charge in [-0.3, -0.25) is 0 Å². The van der Waals surface area contributed by atoms with E-state index in [1.807, 2.05) is 0 Å². The molecule has 5 heteroatoms. The van der Waals surface area contributed by atoms with Gasteiger partial charge < -0.3 is 20.1 Å². The largest absolute Gasteiger partial charge is 0.394 e. The minimum Gasteiger partial charge on any atom is -0.394 e. The predicted octanol–water partition coefficient (Wildman–Crippen LogP) is -1.49. The minimum atomic E-state index is -1.43. The minimum absolute atomic E-state index is 0.205. The lowest BCUT2D eigenvalue weighted by Gasteiger charge is -2.15. The van der Waals surface area contributed by atoms with Crippen molar-refractivity contribution in [3.63, 3.8) is 0 Å². The average molecular weight is 169 g/mol. The topological polar surface area (TPSA) is 77.8 Å². The molecule has 0 bridgehead atoms. The van der Waals surface area contributed by atoms with Gasteiger partial charge in [-0.05, 0) is 0 Å². The molecule has 0 aromatic carbocycles. The van der Waals surface area contributed by atoms with Crippen molar-refractivity contribution in [2.75, 3.05) is 6.61 Å². The molecule has 0 amide bonds. The molecule has 0 aromatic rings. The zero-order valence-corrected chi connectivity index (χ0v) is 5.90. The Morgan fingerprint density at radius 2 is 2.00 bits per heavy atom. The van der Waals surface area contributed by atoms with Crippen LogP contribution < -0.4 is 0 Å². The van der Waals surface area contributed by atoms with E-state index >= 15 is 0 Å². The van der Waals surface area contributed by atoms with Gasteiger partial charge in [-0.15, -0.1) is 11.6 Å². The number of carbonyl (C=O) groups is 1. The Labute approximate surface area is 63.0 Å². The van der Waals surface area contributed by atoms with E-state index in [4.69, 9.17) is 26.9 Å². The van der Waals surface area contributed by atoms with Gasteiger partial charge in [0.2, 0.25) is 0 Å². The summed E-state index contributed by atoms with van der Waals surface area (Å²) >= 11 is 5.29. The van der Waals surface area contributed by atoms with Gasteiger partial charge in [-0.2, -0.15) is 0 Å². The molecular formula is C5H9ClO4. The third-order valence-electron chi connectivity index (χ3n) is 1.02. The van der Waals surface area contributed by atoms with Crippen LogP contribution in [-0.4, -0.2) is 45.8 Å². The monoisotopic (exact) mass is 168 g/mol. The van der Waals surface area contributed by atoms with Gasteiger partial charge in [0.15, 0.2) is 0 Å². The highest BCUT2D eigenvalue weighted by Gasteiger charge is 2.23. The summed E-state index contributed by atoms with van der Waals surface area (Å²) in [4.78, 5) is 9.84. The third-order valence-corrected chi connectivity index (χ3v) is 1.57. The van der Waals surface area contributed by atoms with Crippen LogP contribution in [0.1, 0.15) is 0 Å². The summed E-state index contributed by atoms with van der Waals surface area (Å²) in [6.45, 7) is -0.570. The summed E-state index contributed by atoms with van der Waals surface area (Å²) in [5.41, 5.74) is 0. The maximum absolute atomic E-state index is 9.84. The zero-order valence-electron chi connectivity index (χ0n) is 5.14. The summed E-state index contributed by atoms with van der Waals surface area (Å²) in [7, 11) is 0. The van der Waals surface area contributed by atoms with Crippen molar-refractivity contribution in [1.29, 1.82) is 0 Å². The molecular weight excluding hydrogens is 160 g/mol. The van der Waals surface area contributed by atoms with Crippen molar-refractivity contribution in [1.82, 2.24) is 0 Å². The third kappa shape index (κ3) is 2.62. The number of halogens is 1. The summed E-state index contributed by atoms with van der Waals surface area (Å²) in [6.07, 6.45) is -2.48. The van der Waals surface area contributed by atoms with E-state index in [1.54, 1.807) is 0 Å². The van der Waals surface area contributed by atoms with E-state index < -0.39 is 24.2 Å². The molecule has 0 saturated carbocycles. The summed E-state index contributed by atoms with van der Waals surface area (Å²) in [6, 6.07) is 0. The van der Waals surface area contributed by atoms with E-state index in [2.05, 4.69) is 0 Å². The Bertz CT molecular complexity index is 108. The Hall–Kier alpha value is -0.160. The van der Waals surface area contributed by atoms with Gasteiger partial charge in [0.1, 0.15) is 12.4 Å². The quantitative estimate of drug-likeness (QED) is 0.353.